The van der Waals surface area contributed by atoms with Crippen LogP contribution in [-0.2, 0) is 12.8 Å². The topological polar surface area (TPSA) is 50.4 Å². The van der Waals surface area contributed by atoms with E-state index in [9.17, 15) is 4.79 Å². The zero-order chi connectivity index (χ0) is 17.6. The Hall–Kier alpha value is -1.53. The number of carbonyl (C=O) groups excluding carboxylic acids is 1. The van der Waals surface area contributed by atoms with Crippen LogP contribution in [0, 0.1) is 5.92 Å². The Morgan fingerprint density at radius 2 is 2.20 bits per heavy atom. The number of carbonyl (C=O) groups is 1. The van der Waals surface area contributed by atoms with Gasteiger partial charge in [-0.2, -0.15) is 0 Å². The first-order chi connectivity index (χ1) is 12.1. The minimum atomic E-state index is -0.281. The SMILES string of the molecule is CCOc1ccc(Br)cc1[C@@H]1NC(=O)c2c(sc3c2CC[C@@H](C)C3)N1. The Labute approximate surface area is 160 Å². The van der Waals surface area contributed by atoms with Gasteiger partial charge in [-0.1, -0.05) is 22.9 Å². The van der Waals surface area contributed by atoms with Gasteiger partial charge < -0.3 is 15.4 Å². The van der Waals surface area contributed by atoms with E-state index in [-0.39, 0.29) is 12.1 Å². The summed E-state index contributed by atoms with van der Waals surface area (Å²) in [5.41, 5.74) is 3.05. The first-order valence-corrected chi connectivity index (χ1v) is 10.3. The molecule has 1 aromatic heterocycles. The Kier molecular flexibility index (Phi) is 4.50. The van der Waals surface area contributed by atoms with Crippen molar-refractivity contribution in [3.05, 3.63) is 44.2 Å². The third kappa shape index (κ3) is 3.06. The first-order valence-electron chi connectivity index (χ1n) is 8.71. The quantitative estimate of drug-likeness (QED) is 0.742. The molecule has 6 heteroatoms. The van der Waals surface area contributed by atoms with Crippen LogP contribution in [0.15, 0.2) is 22.7 Å². The van der Waals surface area contributed by atoms with Crippen molar-refractivity contribution >= 4 is 38.2 Å². The highest BCUT2D eigenvalue weighted by atomic mass is 79.9. The second kappa shape index (κ2) is 6.65. The Bertz CT molecular complexity index is 833. The van der Waals surface area contributed by atoms with Crippen molar-refractivity contribution in [2.24, 2.45) is 5.92 Å². The van der Waals surface area contributed by atoms with Crippen molar-refractivity contribution in [3.63, 3.8) is 0 Å². The number of fused-ring (bicyclic) bond motifs is 3. The molecule has 4 nitrogen and oxygen atoms in total. The molecule has 0 radical (unpaired) electrons. The van der Waals surface area contributed by atoms with Gasteiger partial charge >= 0.3 is 0 Å². The zero-order valence-corrected chi connectivity index (χ0v) is 16.7. The van der Waals surface area contributed by atoms with Gasteiger partial charge in [-0.25, -0.2) is 0 Å². The number of hydrogen-bond acceptors (Lipinski definition) is 4. The summed E-state index contributed by atoms with van der Waals surface area (Å²) in [6.45, 7) is 4.84. The molecular formula is C19H21BrN2O2S. The minimum absolute atomic E-state index is 0.0215. The molecule has 2 atom stereocenters. The summed E-state index contributed by atoms with van der Waals surface area (Å²) in [7, 11) is 0. The van der Waals surface area contributed by atoms with Crippen LogP contribution in [0.25, 0.3) is 0 Å². The van der Waals surface area contributed by atoms with E-state index in [1.807, 2.05) is 25.1 Å². The average molecular weight is 421 g/mol. The molecule has 2 N–H and O–H groups in total. The number of benzene rings is 1. The van der Waals surface area contributed by atoms with E-state index in [4.69, 9.17) is 4.74 Å². The fourth-order valence-electron chi connectivity index (χ4n) is 3.65. The van der Waals surface area contributed by atoms with Crippen LogP contribution >= 0.6 is 27.3 Å². The summed E-state index contributed by atoms with van der Waals surface area (Å²) >= 11 is 5.26. The summed E-state index contributed by atoms with van der Waals surface area (Å²) < 4.78 is 6.72. The summed E-state index contributed by atoms with van der Waals surface area (Å²) in [4.78, 5) is 14.2. The molecule has 1 aliphatic heterocycles. The van der Waals surface area contributed by atoms with Crippen LogP contribution in [0.5, 0.6) is 5.75 Å². The van der Waals surface area contributed by atoms with Gasteiger partial charge in [0.15, 0.2) is 0 Å². The highest BCUT2D eigenvalue weighted by molar-refractivity contribution is 9.10. The predicted octanol–water partition coefficient (Wildman–Crippen LogP) is 4.89. The van der Waals surface area contributed by atoms with Crippen LogP contribution in [0.1, 0.15) is 52.8 Å². The van der Waals surface area contributed by atoms with E-state index >= 15 is 0 Å². The smallest absolute Gasteiger partial charge is 0.256 e. The van der Waals surface area contributed by atoms with Crippen LogP contribution in [0.3, 0.4) is 0 Å². The normalized spacial score (nSPS) is 21.8. The number of anilines is 1. The molecule has 1 amide bonds. The number of hydrogen-bond donors (Lipinski definition) is 2. The summed E-state index contributed by atoms with van der Waals surface area (Å²) in [6, 6.07) is 5.90. The lowest BCUT2D eigenvalue weighted by atomic mass is 9.88. The molecule has 2 aliphatic rings. The fraction of sp³-hybridized carbons (Fsp3) is 0.421. The second-order valence-electron chi connectivity index (χ2n) is 6.72. The largest absolute Gasteiger partial charge is 0.493 e. The molecule has 1 aromatic carbocycles. The minimum Gasteiger partial charge on any atom is -0.493 e. The monoisotopic (exact) mass is 420 g/mol. The third-order valence-electron chi connectivity index (χ3n) is 4.87. The molecule has 4 rings (SSSR count). The van der Waals surface area contributed by atoms with E-state index in [2.05, 4.69) is 33.5 Å². The molecule has 132 valence electrons. The van der Waals surface area contributed by atoms with Gasteiger partial charge in [-0.05, 0) is 55.9 Å². The maximum atomic E-state index is 12.8. The molecule has 1 aliphatic carbocycles. The van der Waals surface area contributed by atoms with Crippen LogP contribution < -0.4 is 15.4 Å². The van der Waals surface area contributed by atoms with Gasteiger partial charge in [0.25, 0.3) is 5.91 Å². The lowest BCUT2D eigenvalue weighted by Crippen LogP contribution is -2.38. The lowest BCUT2D eigenvalue weighted by molar-refractivity contribution is 0.0934. The Morgan fingerprint density at radius 3 is 3.00 bits per heavy atom. The molecule has 0 saturated heterocycles. The molecule has 25 heavy (non-hydrogen) atoms. The zero-order valence-electron chi connectivity index (χ0n) is 14.3. The lowest BCUT2D eigenvalue weighted by Gasteiger charge is -2.28. The highest BCUT2D eigenvalue weighted by Gasteiger charge is 2.34. The molecule has 0 bridgehead atoms. The summed E-state index contributed by atoms with van der Waals surface area (Å²) in [6.07, 6.45) is 2.96. The van der Waals surface area contributed by atoms with Crippen molar-refractivity contribution in [1.29, 1.82) is 0 Å². The van der Waals surface area contributed by atoms with Crippen molar-refractivity contribution in [2.45, 2.75) is 39.3 Å². The average Bonchev–Trinajstić information content (AvgIpc) is 2.94. The molecular weight excluding hydrogens is 400 g/mol. The van der Waals surface area contributed by atoms with Gasteiger partial charge in [0.05, 0.1) is 12.2 Å². The molecule has 2 aromatic rings. The van der Waals surface area contributed by atoms with E-state index in [1.54, 1.807) is 11.3 Å². The van der Waals surface area contributed by atoms with Gasteiger partial charge in [-0.15, -0.1) is 11.3 Å². The van der Waals surface area contributed by atoms with E-state index in [1.165, 1.54) is 10.4 Å². The molecule has 2 heterocycles. The maximum absolute atomic E-state index is 12.8. The fourth-order valence-corrected chi connectivity index (χ4v) is 5.47. The third-order valence-corrected chi connectivity index (χ3v) is 6.55. The summed E-state index contributed by atoms with van der Waals surface area (Å²) in [5.74, 6) is 1.51. The van der Waals surface area contributed by atoms with Crippen molar-refractivity contribution in [1.82, 2.24) is 5.32 Å². The Morgan fingerprint density at radius 1 is 1.36 bits per heavy atom. The standard InChI is InChI=1S/C19H21BrN2O2S/c1-3-24-14-7-5-11(20)9-13(14)17-21-18(23)16-12-6-4-10(2)8-15(12)25-19(16)22-17/h5,7,9-10,17,22H,3-4,6,8H2,1-2H3,(H,21,23)/t10-,17-/m1/s1. The molecule has 0 saturated carbocycles. The van der Waals surface area contributed by atoms with E-state index in [0.29, 0.717) is 12.5 Å². The number of rotatable bonds is 3. The maximum Gasteiger partial charge on any atom is 0.256 e. The van der Waals surface area contributed by atoms with Crippen molar-refractivity contribution in [2.75, 3.05) is 11.9 Å². The predicted molar refractivity (Wildman–Crippen MR) is 105 cm³/mol. The van der Waals surface area contributed by atoms with E-state index in [0.717, 1.165) is 45.6 Å². The number of ether oxygens (including phenoxy) is 1. The second-order valence-corrected chi connectivity index (χ2v) is 8.74. The van der Waals surface area contributed by atoms with Gasteiger partial charge in [-0.3, -0.25) is 4.79 Å². The molecule has 0 fully saturated rings. The molecule has 0 spiro atoms. The van der Waals surface area contributed by atoms with Crippen molar-refractivity contribution < 1.29 is 9.53 Å². The number of thiophene rings is 1. The van der Waals surface area contributed by atoms with Crippen molar-refractivity contribution in [3.8, 4) is 5.75 Å². The van der Waals surface area contributed by atoms with E-state index < -0.39 is 0 Å². The van der Waals surface area contributed by atoms with Crippen LogP contribution in [0.2, 0.25) is 0 Å². The number of nitrogens with one attached hydrogen (secondary N) is 2. The highest BCUT2D eigenvalue weighted by Crippen LogP contribution is 2.43. The number of halogens is 1. The molecule has 0 unspecified atom stereocenters. The van der Waals surface area contributed by atoms with Crippen LogP contribution in [-0.4, -0.2) is 12.5 Å². The summed E-state index contributed by atoms with van der Waals surface area (Å²) in [5, 5.41) is 7.64. The van der Waals surface area contributed by atoms with Crippen LogP contribution in [0.4, 0.5) is 5.00 Å². The van der Waals surface area contributed by atoms with Gasteiger partial charge in [0.2, 0.25) is 0 Å². The van der Waals surface area contributed by atoms with Gasteiger partial charge in [0, 0.05) is 14.9 Å². The van der Waals surface area contributed by atoms with Gasteiger partial charge in [0.1, 0.15) is 16.9 Å². The Balaban J connectivity index is 1.71. The number of amides is 1. The first kappa shape index (κ1) is 16.9.